The van der Waals surface area contributed by atoms with Gasteiger partial charge in [0.15, 0.2) is 0 Å². The lowest BCUT2D eigenvalue weighted by molar-refractivity contribution is 0.0510. The summed E-state index contributed by atoms with van der Waals surface area (Å²) in [6, 6.07) is 1.08. The van der Waals surface area contributed by atoms with Crippen molar-refractivity contribution in [3.8, 4) is 0 Å². The molecule has 0 aliphatic heterocycles. The summed E-state index contributed by atoms with van der Waals surface area (Å²) in [4.78, 5) is 11.9. The van der Waals surface area contributed by atoms with Crippen molar-refractivity contribution in [2.24, 2.45) is 16.7 Å². The first-order valence-electron chi connectivity index (χ1n) is 9.18. The normalized spacial score (nSPS) is 29.9. The molecule has 0 saturated heterocycles. The van der Waals surface area contributed by atoms with Gasteiger partial charge in [0.1, 0.15) is 5.60 Å². The molecule has 2 saturated carbocycles. The summed E-state index contributed by atoms with van der Waals surface area (Å²) in [5.41, 5.74) is 0.275. The van der Waals surface area contributed by atoms with Gasteiger partial charge in [-0.1, -0.05) is 40.5 Å². The maximum absolute atomic E-state index is 11.9. The molecule has 134 valence electrons. The lowest BCUT2D eigenvalue weighted by atomic mass is 9.84. The van der Waals surface area contributed by atoms with E-state index < -0.39 is 5.60 Å². The average Bonchev–Trinajstić information content (AvgIpc) is 2.78. The highest BCUT2D eigenvalue weighted by molar-refractivity contribution is 5.67. The van der Waals surface area contributed by atoms with Gasteiger partial charge in [-0.3, -0.25) is 0 Å². The number of rotatable bonds is 4. The van der Waals surface area contributed by atoms with Crippen LogP contribution >= 0.6 is 0 Å². The molecule has 0 heterocycles. The summed E-state index contributed by atoms with van der Waals surface area (Å²) in [6.45, 7) is 15.8. The van der Waals surface area contributed by atoms with Gasteiger partial charge in [0, 0.05) is 18.6 Å². The number of ether oxygens (including phenoxy) is 1. The Balaban J connectivity index is 1.86. The Kier molecular flexibility index (Phi) is 5.06. The highest BCUT2D eigenvalue weighted by atomic mass is 16.6. The fraction of sp³-hybridized carbons (Fsp3) is 0.947. The molecule has 2 rings (SSSR count). The zero-order valence-corrected chi connectivity index (χ0v) is 16.1. The summed E-state index contributed by atoms with van der Waals surface area (Å²) in [5.74, 6) is 0.503. The van der Waals surface area contributed by atoms with E-state index in [9.17, 15) is 4.79 Å². The van der Waals surface area contributed by atoms with Gasteiger partial charge in [0.2, 0.25) is 0 Å². The van der Waals surface area contributed by atoms with Gasteiger partial charge in [-0.15, -0.1) is 0 Å². The molecule has 23 heavy (non-hydrogen) atoms. The molecule has 2 aliphatic carbocycles. The van der Waals surface area contributed by atoms with Crippen LogP contribution in [0.1, 0.15) is 74.1 Å². The molecule has 0 bridgehead atoms. The lowest BCUT2D eigenvalue weighted by Crippen LogP contribution is -2.46. The van der Waals surface area contributed by atoms with Gasteiger partial charge in [0.05, 0.1) is 0 Å². The first-order chi connectivity index (χ1) is 10.4. The molecule has 0 aromatic heterocycles. The second kappa shape index (κ2) is 6.27. The van der Waals surface area contributed by atoms with Crippen molar-refractivity contribution in [3.63, 3.8) is 0 Å². The van der Waals surface area contributed by atoms with Crippen LogP contribution in [0, 0.1) is 16.7 Å². The Morgan fingerprint density at radius 3 is 2.17 bits per heavy atom. The van der Waals surface area contributed by atoms with E-state index in [-0.39, 0.29) is 6.09 Å². The fourth-order valence-corrected chi connectivity index (χ4v) is 4.03. The Bertz CT molecular complexity index is 423. The first-order valence-corrected chi connectivity index (χ1v) is 9.18. The van der Waals surface area contributed by atoms with Gasteiger partial charge < -0.3 is 15.4 Å². The van der Waals surface area contributed by atoms with E-state index in [1.54, 1.807) is 0 Å². The summed E-state index contributed by atoms with van der Waals surface area (Å²) >= 11 is 0. The third-order valence-electron chi connectivity index (χ3n) is 6.22. The van der Waals surface area contributed by atoms with E-state index in [4.69, 9.17) is 4.74 Å². The van der Waals surface area contributed by atoms with Crippen molar-refractivity contribution in [2.45, 2.75) is 91.8 Å². The molecule has 4 heteroatoms. The van der Waals surface area contributed by atoms with E-state index in [1.807, 2.05) is 20.8 Å². The minimum absolute atomic E-state index is 0.297. The number of hydrogen-bond donors (Lipinski definition) is 2. The maximum atomic E-state index is 11.9. The van der Waals surface area contributed by atoms with E-state index in [1.165, 1.54) is 25.7 Å². The maximum Gasteiger partial charge on any atom is 0.407 e. The predicted octanol–water partition coefficient (Wildman–Crippen LogP) is 4.09. The molecule has 0 radical (unpaired) electrons. The van der Waals surface area contributed by atoms with E-state index >= 15 is 0 Å². The second-order valence-electron chi connectivity index (χ2n) is 9.58. The van der Waals surface area contributed by atoms with E-state index in [0.29, 0.717) is 35.4 Å². The Labute approximate surface area is 142 Å². The quantitative estimate of drug-likeness (QED) is 0.819. The van der Waals surface area contributed by atoms with Gasteiger partial charge in [-0.2, -0.15) is 0 Å². The summed E-state index contributed by atoms with van der Waals surface area (Å²) in [7, 11) is 0. The fourth-order valence-electron chi connectivity index (χ4n) is 4.03. The smallest absolute Gasteiger partial charge is 0.407 e. The highest BCUT2D eigenvalue weighted by Crippen LogP contribution is 2.63. The molecule has 2 N–H and O–H groups in total. The topological polar surface area (TPSA) is 50.4 Å². The van der Waals surface area contributed by atoms with Gasteiger partial charge in [-0.25, -0.2) is 4.79 Å². The van der Waals surface area contributed by atoms with Crippen LogP contribution in [0.3, 0.4) is 0 Å². The molecule has 2 aliphatic rings. The monoisotopic (exact) mass is 324 g/mol. The van der Waals surface area contributed by atoms with Crippen molar-refractivity contribution >= 4 is 6.09 Å². The number of carbonyl (C=O) groups excluding carboxylic acids is 1. The van der Waals surface area contributed by atoms with Crippen LogP contribution in [0.25, 0.3) is 0 Å². The number of amides is 1. The van der Waals surface area contributed by atoms with E-state index in [0.717, 1.165) is 0 Å². The SMILES string of the molecule is CC(C)(C)OC(=O)NCC1CCCCC1NC1C(C)(C)C1(C)C. The minimum atomic E-state index is -0.434. The minimum Gasteiger partial charge on any atom is -0.444 e. The molecule has 0 aromatic rings. The number of alkyl carbamates (subject to hydrolysis) is 1. The second-order valence-corrected chi connectivity index (χ2v) is 9.58. The van der Waals surface area contributed by atoms with Crippen molar-refractivity contribution < 1.29 is 9.53 Å². The van der Waals surface area contributed by atoms with Crippen LogP contribution in [0.4, 0.5) is 4.79 Å². The largest absolute Gasteiger partial charge is 0.444 e. The van der Waals surface area contributed by atoms with Crippen molar-refractivity contribution in [1.29, 1.82) is 0 Å². The molecule has 0 aromatic carbocycles. The van der Waals surface area contributed by atoms with Crippen molar-refractivity contribution in [2.75, 3.05) is 6.54 Å². The first kappa shape index (κ1) is 18.6. The van der Waals surface area contributed by atoms with Crippen LogP contribution in [0.15, 0.2) is 0 Å². The average molecular weight is 325 g/mol. The number of nitrogens with one attached hydrogen (secondary N) is 2. The Morgan fingerprint density at radius 1 is 1.09 bits per heavy atom. The molecule has 0 spiro atoms. The van der Waals surface area contributed by atoms with Crippen LogP contribution in [0.5, 0.6) is 0 Å². The van der Waals surface area contributed by atoms with Gasteiger partial charge in [0.25, 0.3) is 0 Å². The lowest BCUT2D eigenvalue weighted by Gasteiger charge is -2.33. The highest BCUT2D eigenvalue weighted by Gasteiger charge is 2.65. The summed E-state index contributed by atoms with van der Waals surface area (Å²) in [6.07, 6.45) is 4.64. The molecule has 1 amide bonds. The third-order valence-corrected chi connectivity index (χ3v) is 6.22. The Hall–Kier alpha value is -0.770. The van der Waals surface area contributed by atoms with Crippen molar-refractivity contribution in [1.82, 2.24) is 10.6 Å². The molecular formula is C19H36N2O2. The number of carbonyl (C=O) groups is 1. The molecule has 4 nitrogen and oxygen atoms in total. The zero-order chi connectivity index (χ0) is 17.5. The Morgan fingerprint density at radius 2 is 1.65 bits per heavy atom. The van der Waals surface area contributed by atoms with E-state index in [2.05, 4.69) is 38.3 Å². The standard InChI is InChI=1S/C19H36N2O2/c1-17(2,3)23-16(22)20-12-13-10-8-9-11-14(13)21-15-18(4,5)19(15,6)7/h13-15,21H,8-12H2,1-7H3,(H,20,22). The van der Waals surface area contributed by atoms with Crippen molar-refractivity contribution in [3.05, 3.63) is 0 Å². The molecular weight excluding hydrogens is 288 g/mol. The summed E-state index contributed by atoms with van der Waals surface area (Å²) in [5, 5.41) is 6.88. The van der Waals surface area contributed by atoms with Crippen LogP contribution < -0.4 is 10.6 Å². The number of hydrogen-bond acceptors (Lipinski definition) is 3. The van der Waals surface area contributed by atoms with Crippen LogP contribution in [0.2, 0.25) is 0 Å². The molecule has 2 fully saturated rings. The predicted molar refractivity (Wildman–Crippen MR) is 94.5 cm³/mol. The van der Waals surface area contributed by atoms with Crippen LogP contribution in [-0.2, 0) is 4.74 Å². The molecule has 2 atom stereocenters. The zero-order valence-electron chi connectivity index (χ0n) is 16.1. The van der Waals surface area contributed by atoms with Gasteiger partial charge >= 0.3 is 6.09 Å². The molecule has 2 unspecified atom stereocenters. The van der Waals surface area contributed by atoms with Crippen LogP contribution in [-0.4, -0.2) is 30.3 Å². The summed E-state index contributed by atoms with van der Waals surface area (Å²) < 4.78 is 5.35. The van der Waals surface area contributed by atoms with Gasteiger partial charge in [-0.05, 0) is 50.4 Å². The third kappa shape index (κ3) is 4.20.